The third-order valence-corrected chi connectivity index (χ3v) is 4.96. The summed E-state index contributed by atoms with van der Waals surface area (Å²) in [6.07, 6.45) is 9.19. The van der Waals surface area contributed by atoms with E-state index in [1.54, 1.807) is 11.3 Å². The van der Waals surface area contributed by atoms with Crippen molar-refractivity contribution < 1.29 is 4.79 Å². The van der Waals surface area contributed by atoms with Gasteiger partial charge in [0.15, 0.2) is 0 Å². The van der Waals surface area contributed by atoms with E-state index in [4.69, 9.17) is 0 Å². The second-order valence-corrected chi connectivity index (χ2v) is 6.51. The molecule has 2 nitrogen and oxygen atoms in total. The number of carbonyl (C=O) groups excluding carboxylic acids is 1. The maximum absolute atomic E-state index is 12.2. The number of rotatable bonds is 6. The van der Waals surface area contributed by atoms with Gasteiger partial charge in [-0.15, -0.1) is 11.3 Å². The highest BCUT2D eigenvalue weighted by molar-refractivity contribution is 7.12. The Morgan fingerprint density at radius 3 is 2.74 bits per heavy atom. The van der Waals surface area contributed by atoms with E-state index in [0.29, 0.717) is 0 Å². The summed E-state index contributed by atoms with van der Waals surface area (Å²) in [5, 5.41) is 1.98. The fourth-order valence-corrected chi connectivity index (χ4v) is 3.53. The lowest BCUT2D eigenvalue weighted by Gasteiger charge is -2.31. The fourth-order valence-electron chi connectivity index (χ4n) is 2.84. The highest BCUT2D eigenvalue weighted by Gasteiger charge is 2.23. The molecule has 0 bridgehead atoms. The Kier molecular flexibility index (Phi) is 5.90. The molecule has 1 aromatic rings. The van der Waals surface area contributed by atoms with Crippen LogP contribution >= 0.6 is 11.3 Å². The Bertz CT molecular complexity index is 366. The van der Waals surface area contributed by atoms with E-state index in [2.05, 4.69) is 6.92 Å². The number of thiophene rings is 1. The van der Waals surface area contributed by atoms with E-state index in [1.807, 2.05) is 22.4 Å². The molecule has 0 N–H and O–H groups in total. The van der Waals surface area contributed by atoms with Crippen molar-refractivity contribution in [1.82, 2.24) is 4.90 Å². The maximum atomic E-state index is 12.2. The molecule has 0 aliphatic carbocycles. The van der Waals surface area contributed by atoms with Crippen LogP contribution in [0.5, 0.6) is 0 Å². The molecule has 0 atom stereocenters. The molecule has 19 heavy (non-hydrogen) atoms. The Balaban J connectivity index is 1.69. The molecule has 1 aliphatic rings. The molecule has 1 amide bonds. The van der Waals surface area contributed by atoms with Crippen molar-refractivity contribution >= 4 is 17.2 Å². The van der Waals surface area contributed by atoms with Crippen LogP contribution in [-0.4, -0.2) is 23.9 Å². The second-order valence-electron chi connectivity index (χ2n) is 5.56. The summed E-state index contributed by atoms with van der Waals surface area (Å²) in [7, 11) is 0. The van der Waals surface area contributed by atoms with Gasteiger partial charge in [-0.25, -0.2) is 0 Å². The molecule has 3 heteroatoms. The minimum absolute atomic E-state index is 0.236. The summed E-state index contributed by atoms with van der Waals surface area (Å²) in [5.74, 6) is 1.09. The average Bonchev–Trinajstić information content (AvgIpc) is 2.98. The van der Waals surface area contributed by atoms with Gasteiger partial charge in [0, 0.05) is 13.1 Å². The van der Waals surface area contributed by atoms with Gasteiger partial charge >= 0.3 is 0 Å². The van der Waals surface area contributed by atoms with Gasteiger partial charge in [-0.3, -0.25) is 4.79 Å². The smallest absolute Gasteiger partial charge is 0.263 e. The zero-order valence-corrected chi connectivity index (χ0v) is 12.8. The minimum Gasteiger partial charge on any atom is -0.338 e. The highest BCUT2D eigenvalue weighted by Crippen LogP contribution is 2.24. The van der Waals surface area contributed by atoms with Gasteiger partial charge < -0.3 is 4.90 Å². The molecule has 1 aliphatic heterocycles. The first kappa shape index (κ1) is 14.6. The molecule has 106 valence electrons. The van der Waals surface area contributed by atoms with Gasteiger partial charge in [-0.2, -0.15) is 0 Å². The molecule has 0 aromatic carbocycles. The van der Waals surface area contributed by atoms with Crippen LogP contribution in [0.3, 0.4) is 0 Å². The Labute approximate surface area is 120 Å². The summed E-state index contributed by atoms with van der Waals surface area (Å²) >= 11 is 1.55. The SMILES string of the molecule is CCCCCCC1CCN(C(=O)c2cccs2)CC1. The third-order valence-electron chi connectivity index (χ3n) is 4.10. The fraction of sp³-hybridized carbons (Fsp3) is 0.688. The van der Waals surface area contributed by atoms with Crippen molar-refractivity contribution in [3.63, 3.8) is 0 Å². The van der Waals surface area contributed by atoms with Gasteiger partial charge in [-0.05, 0) is 30.2 Å². The number of carbonyl (C=O) groups is 1. The Morgan fingerprint density at radius 1 is 1.32 bits per heavy atom. The molecule has 0 radical (unpaired) electrons. The number of nitrogens with zero attached hydrogens (tertiary/aromatic N) is 1. The summed E-state index contributed by atoms with van der Waals surface area (Å²) < 4.78 is 0. The molecule has 0 saturated carbocycles. The second kappa shape index (κ2) is 7.68. The van der Waals surface area contributed by atoms with E-state index >= 15 is 0 Å². The van der Waals surface area contributed by atoms with Crippen molar-refractivity contribution in [1.29, 1.82) is 0 Å². The quantitative estimate of drug-likeness (QED) is 0.698. The van der Waals surface area contributed by atoms with Crippen LogP contribution in [0.2, 0.25) is 0 Å². The van der Waals surface area contributed by atoms with Crippen LogP contribution in [0.25, 0.3) is 0 Å². The third kappa shape index (κ3) is 4.34. The van der Waals surface area contributed by atoms with E-state index in [-0.39, 0.29) is 5.91 Å². The van der Waals surface area contributed by atoms with E-state index < -0.39 is 0 Å². The summed E-state index contributed by atoms with van der Waals surface area (Å²) in [6, 6.07) is 3.89. The number of unbranched alkanes of at least 4 members (excludes halogenated alkanes) is 3. The number of hydrogen-bond acceptors (Lipinski definition) is 2. The topological polar surface area (TPSA) is 20.3 Å². The molecular formula is C16H25NOS. The number of hydrogen-bond donors (Lipinski definition) is 0. The predicted molar refractivity (Wildman–Crippen MR) is 81.7 cm³/mol. The van der Waals surface area contributed by atoms with Crippen molar-refractivity contribution in [2.45, 2.75) is 51.9 Å². The summed E-state index contributed by atoms with van der Waals surface area (Å²) in [4.78, 5) is 15.1. The van der Waals surface area contributed by atoms with Gasteiger partial charge in [0.1, 0.15) is 0 Å². The van der Waals surface area contributed by atoms with E-state index in [0.717, 1.165) is 23.9 Å². The minimum atomic E-state index is 0.236. The first-order valence-corrected chi connectivity index (χ1v) is 8.52. The first-order chi connectivity index (χ1) is 9.31. The Morgan fingerprint density at radius 2 is 2.11 bits per heavy atom. The molecule has 0 spiro atoms. The largest absolute Gasteiger partial charge is 0.338 e. The monoisotopic (exact) mass is 279 g/mol. The first-order valence-electron chi connectivity index (χ1n) is 7.64. The molecule has 1 fully saturated rings. The van der Waals surface area contributed by atoms with Crippen LogP contribution < -0.4 is 0 Å². The molecule has 1 aromatic heterocycles. The standard InChI is InChI=1S/C16H25NOS/c1-2-3-4-5-7-14-9-11-17(12-10-14)16(18)15-8-6-13-19-15/h6,8,13-14H,2-5,7,9-12H2,1H3. The van der Waals surface area contributed by atoms with E-state index in [9.17, 15) is 4.79 Å². The maximum Gasteiger partial charge on any atom is 0.263 e. The zero-order chi connectivity index (χ0) is 13.5. The highest BCUT2D eigenvalue weighted by atomic mass is 32.1. The molecule has 1 saturated heterocycles. The van der Waals surface area contributed by atoms with Crippen LogP contribution in [0, 0.1) is 5.92 Å². The molecular weight excluding hydrogens is 254 g/mol. The lowest BCUT2D eigenvalue weighted by molar-refractivity contribution is 0.0690. The summed E-state index contributed by atoms with van der Waals surface area (Å²) in [5.41, 5.74) is 0. The lowest BCUT2D eigenvalue weighted by atomic mass is 9.91. The van der Waals surface area contributed by atoms with Crippen LogP contribution in [-0.2, 0) is 0 Å². The normalized spacial score (nSPS) is 16.8. The molecule has 0 unspecified atom stereocenters. The Hall–Kier alpha value is -0.830. The predicted octanol–water partition coefficient (Wildman–Crippen LogP) is 4.57. The van der Waals surface area contributed by atoms with Crippen LogP contribution in [0.1, 0.15) is 61.5 Å². The van der Waals surface area contributed by atoms with Crippen molar-refractivity contribution in [3.8, 4) is 0 Å². The van der Waals surface area contributed by atoms with Crippen molar-refractivity contribution in [2.75, 3.05) is 13.1 Å². The van der Waals surface area contributed by atoms with E-state index in [1.165, 1.54) is 44.9 Å². The molecule has 2 heterocycles. The van der Waals surface area contributed by atoms with Gasteiger partial charge in [-0.1, -0.05) is 45.1 Å². The van der Waals surface area contributed by atoms with Crippen LogP contribution in [0.15, 0.2) is 17.5 Å². The number of piperidine rings is 1. The van der Waals surface area contributed by atoms with Crippen LogP contribution in [0.4, 0.5) is 0 Å². The summed E-state index contributed by atoms with van der Waals surface area (Å²) in [6.45, 7) is 4.17. The van der Waals surface area contributed by atoms with Crippen molar-refractivity contribution in [3.05, 3.63) is 22.4 Å². The van der Waals surface area contributed by atoms with Crippen molar-refractivity contribution in [2.24, 2.45) is 5.92 Å². The molecule has 2 rings (SSSR count). The van der Waals surface area contributed by atoms with Gasteiger partial charge in [0.05, 0.1) is 4.88 Å². The average molecular weight is 279 g/mol. The number of amides is 1. The van der Waals surface area contributed by atoms with Gasteiger partial charge in [0.2, 0.25) is 0 Å². The number of likely N-dealkylation sites (tertiary alicyclic amines) is 1. The van der Waals surface area contributed by atoms with Gasteiger partial charge in [0.25, 0.3) is 5.91 Å². The lowest BCUT2D eigenvalue weighted by Crippen LogP contribution is -2.38. The zero-order valence-electron chi connectivity index (χ0n) is 11.9.